The van der Waals surface area contributed by atoms with Crippen LogP contribution in [0, 0.1) is 5.82 Å². The molecule has 0 radical (unpaired) electrons. The number of hydrogen-bond acceptors (Lipinski definition) is 2. The molecule has 0 aliphatic rings. The molecule has 5 heteroatoms. The number of hydrogen-bond donors (Lipinski definition) is 0. The Kier molecular flexibility index (Phi) is 5.05. The molecule has 0 aromatic heterocycles. The van der Waals surface area contributed by atoms with Crippen molar-refractivity contribution < 1.29 is 13.9 Å². The molecule has 2 rings (SSSR count). The summed E-state index contributed by atoms with van der Waals surface area (Å²) < 4.78 is 25.2. The highest BCUT2D eigenvalue weighted by atomic mass is 79.9. The summed E-state index contributed by atoms with van der Waals surface area (Å²) in [6.45, 7) is 0. The van der Waals surface area contributed by atoms with Crippen LogP contribution in [0.4, 0.5) is 4.39 Å². The molecule has 0 fully saturated rings. The van der Waals surface area contributed by atoms with E-state index in [0.717, 1.165) is 10.0 Å². The summed E-state index contributed by atoms with van der Waals surface area (Å²) in [7, 11) is 3.15. The van der Waals surface area contributed by atoms with Gasteiger partial charge in [0.2, 0.25) is 0 Å². The zero-order valence-corrected chi connectivity index (χ0v) is 14.2. The maximum absolute atomic E-state index is 13.9. The number of alkyl halides is 1. The van der Waals surface area contributed by atoms with Crippen LogP contribution in [0.3, 0.4) is 0 Å². The first-order valence-corrected chi connectivity index (χ1v) is 7.59. The molecule has 2 aromatic carbocycles. The van der Waals surface area contributed by atoms with Gasteiger partial charge in [0.1, 0.15) is 5.82 Å². The molecule has 0 heterocycles. The molecular formula is C15H13Br2FO2. The average Bonchev–Trinajstić information content (AvgIpc) is 2.46. The van der Waals surface area contributed by atoms with Gasteiger partial charge in [-0.15, -0.1) is 0 Å². The Morgan fingerprint density at radius 3 is 2.20 bits per heavy atom. The van der Waals surface area contributed by atoms with Gasteiger partial charge in [-0.1, -0.05) is 50.1 Å². The molecule has 106 valence electrons. The summed E-state index contributed by atoms with van der Waals surface area (Å²) in [6.07, 6.45) is 0. The van der Waals surface area contributed by atoms with Crippen LogP contribution in [0.1, 0.15) is 16.0 Å². The van der Waals surface area contributed by atoms with Crippen molar-refractivity contribution in [2.45, 2.75) is 4.83 Å². The highest BCUT2D eigenvalue weighted by Gasteiger charge is 2.19. The average molecular weight is 404 g/mol. The van der Waals surface area contributed by atoms with Crippen molar-refractivity contribution in [2.75, 3.05) is 14.2 Å². The minimum absolute atomic E-state index is 0.254. The van der Waals surface area contributed by atoms with Crippen LogP contribution in [0.25, 0.3) is 0 Å². The quantitative estimate of drug-likeness (QED) is 0.662. The second-order valence-corrected chi connectivity index (χ2v) is 5.88. The van der Waals surface area contributed by atoms with Crippen molar-refractivity contribution in [3.05, 3.63) is 57.8 Å². The molecule has 1 atom stereocenters. The number of benzene rings is 2. The van der Waals surface area contributed by atoms with Crippen LogP contribution in [0.2, 0.25) is 0 Å². The Labute approximate surface area is 134 Å². The van der Waals surface area contributed by atoms with E-state index in [2.05, 4.69) is 31.9 Å². The highest BCUT2D eigenvalue weighted by molar-refractivity contribution is 9.11. The van der Waals surface area contributed by atoms with Gasteiger partial charge in [-0.25, -0.2) is 4.39 Å². The van der Waals surface area contributed by atoms with E-state index in [4.69, 9.17) is 9.47 Å². The Hall–Kier alpha value is -1.07. The van der Waals surface area contributed by atoms with Gasteiger partial charge < -0.3 is 9.47 Å². The molecular weight excluding hydrogens is 391 g/mol. The van der Waals surface area contributed by atoms with E-state index in [1.54, 1.807) is 32.4 Å². The summed E-state index contributed by atoms with van der Waals surface area (Å²) in [5.41, 5.74) is 1.44. The van der Waals surface area contributed by atoms with E-state index in [-0.39, 0.29) is 10.6 Å². The third kappa shape index (κ3) is 2.99. The standard InChI is InChI=1S/C15H13Br2FO2/c1-19-13-7-10(11(16)8-14(13)20-2)15(17)9-5-3-4-6-12(9)18/h3-8,15H,1-2H3. The second-order valence-electron chi connectivity index (χ2n) is 4.11. The third-order valence-electron chi connectivity index (χ3n) is 2.95. The van der Waals surface area contributed by atoms with Gasteiger partial charge in [0.25, 0.3) is 0 Å². The summed E-state index contributed by atoms with van der Waals surface area (Å²) in [5.74, 6) is 0.971. The van der Waals surface area contributed by atoms with Crippen LogP contribution in [0.5, 0.6) is 11.5 Å². The molecule has 0 bridgehead atoms. The molecule has 0 spiro atoms. The largest absolute Gasteiger partial charge is 0.493 e. The van der Waals surface area contributed by atoms with E-state index >= 15 is 0 Å². The normalized spacial score (nSPS) is 12.1. The van der Waals surface area contributed by atoms with Crippen molar-refractivity contribution in [2.24, 2.45) is 0 Å². The van der Waals surface area contributed by atoms with E-state index in [1.165, 1.54) is 6.07 Å². The Morgan fingerprint density at radius 2 is 1.60 bits per heavy atom. The predicted molar refractivity (Wildman–Crippen MR) is 84.4 cm³/mol. The molecule has 2 nitrogen and oxygen atoms in total. The van der Waals surface area contributed by atoms with Gasteiger partial charge >= 0.3 is 0 Å². The van der Waals surface area contributed by atoms with E-state index in [1.807, 2.05) is 12.1 Å². The first-order valence-electron chi connectivity index (χ1n) is 5.88. The Balaban J connectivity index is 2.50. The van der Waals surface area contributed by atoms with Gasteiger partial charge in [-0.3, -0.25) is 0 Å². The summed E-state index contributed by atoms with van der Waals surface area (Å²) in [5, 5.41) is 0. The molecule has 0 aliphatic carbocycles. The third-order valence-corrected chi connectivity index (χ3v) is 4.63. The molecule has 0 saturated heterocycles. The zero-order chi connectivity index (χ0) is 14.7. The van der Waals surface area contributed by atoms with Crippen molar-refractivity contribution in [1.82, 2.24) is 0 Å². The lowest BCUT2D eigenvalue weighted by Gasteiger charge is -2.16. The van der Waals surface area contributed by atoms with Gasteiger partial charge in [-0.05, 0) is 23.8 Å². The van der Waals surface area contributed by atoms with Crippen LogP contribution in [-0.2, 0) is 0 Å². The van der Waals surface area contributed by atoms with Crippen LogP contribution in [0.15, 0.2) is 40.9 Å². The second kappa shape index (κ2) is 6.59. The number of methoxy groups -OCH3 is 2. The fourth-order valence-corrected chi connectivity index (χ4v) is 3.52. The maximum atomic E-state index is 13.9. The number of ether oxygens (including phenoxy) is 2. The van der Waals surface area contributed by atoms with Crippen molar-refractivity contribution >= 4 is 31.9 Å². The minimum atomic E-state index is -0.280. The Bertz CT molecular complexity index is 617. The molecule has 0 amide bonds. The molecule has 2 aromatic rings. The fourth-order valence-electron chi connectivity index (χ4n) is 1.91. The first-order chi connectivity index (χ1) is 9.58. The lowest BCUT2D eigenvalue weighted by atomic mass is 10.0. The monoisotopic (exact) mass is 402 g/mol. The van der Waals surface area contributed by atoms with Crippen LogP contribution >= 0.6 is 31.9 Å². The SMILES string of the molecule is COc1cc(Br)c(C(Br)c2ccccc2F)cc1OC. The molecule has 1 unspecified atom stereocenters. The Morgan fingerprint density at radius 1 is 1.00 bits per heavy atom. The smallest absolute Gasteiger partial charge is 0.161 e. The highest BCUT2D eigenvalue weighted by Crippen LogP contribution is 2.41. The van der Waals surface area contributed by atoms with Crippen LogP contribution in [-0.4, -0.2) is 14.2 Å². The van der Waals surface area contributed by atoms with Gasteiger partial charge in [0.05, 0.1) is 19.0 Å². The lowest BCUT2D eigenvalue weighted by molar-refractivity contribution is 0.354. The van der Waals surface area contributed by atoms with E-state index in [0.29, 0.717) is 17.1 Å². The fraction of sp³-hybridized carbons (Fsp3) is 0.200. The van der Waals surface area contributed by atoms with Crippen LogP contribution < -0.4 is 9.47 Å². The van der Waals surface area contributed by atoms with Gasteiger partial charge in [0.15, 0.2) is 11.5 Å². The first kappa shape index (κ1) is 15.3. The van der Waals surface area contributed by atoms with Crippen molar-refractivity contribution in [3.8, 4) is 11.5 Å². The summed E-state index contributed by atoms with van der Waals surface area (Å²) in [4.78, 5) is -0.280. The predicted octanol–water partition coefficient (Wildman–Crippen LogP) is 5.09. The topological polar surface area (TPSA) is 18.5 Å². The molecule has 0 saturated carbocycles. The van der Waals surface area contributed by atoms with Crippen molar-refractivity contribution in [3.63, 3.8) is 0 Å². The van der Waals surface area contributed by atoms with Crippen molar-refractivity contribution in [1.29, 1.82) is 0 Å². The number of halogens is 3. The lowest BCUT2D eigenvalue weighted by Crippen LogP contribution is -1.99. The zero-order valence-electron chi connectivity index (χ0n) is 11.0. The maximum Gasteiger partial charge on any atom is 0.161 e. The summed E-state index contributed by atoms with van der Waals surface area (Å²) >= 11 is 7.02. The molecule has 0 aliphatic heterocycles. The molecule has 20 heavy (non-hydrogen) atoms. The van der Waals surface area contributed by atoms with E-state index in [9.17, 15) is 4.39 Å². The number of rotatable bonds is 4. The van der Waals surface area contributed by atoms with E-state index < -0.39 is 0 Å². The van der Waals surface area contributed by atoms with Gasteiger partial charge in [0, 0.05) is 10.0 Å². The van der Waals surface area contributed by atoms with Gasteiger partial charge in [-0.2, -0.15) is 0 Å². The molecule has 0 N–H and O–H groups in total. The summed E-state index contributed by atoms with van der Waals surface area (Å²) in [6, 6.07) is 10.3. The minimum Gasteiger partial charge on any atom is -0.493 e.